The van der Waals surface area contributed by atoms with Gasteiger partial charge in [0.05, 0.1) is 7.89 Å². The van der Waals surface area contributed by atoms with Crippen molar-refractivity contribution in [3.63, 3.8) is 0 Å². The molecule has 2 bridgehead atoms. The smallest absolute Gasteiger partial charge is 0.230 e. The van der Waals surface area contributed by atoms with Crippen LogP contribution in [-0.4, -0.2) is 25.8 Å². The lowest BCUT2D eigenvalue weighted by atomic mass is 9.87. The van der Waals surface area contributed by atoms with Crippen molar-refractivity contribution in [1.82, 2.24) is 0 Å². The third-order valence-electron chi connectivity index (χ3n) is 7.89. The molecule has 2 saturated carbocycles. The van der Waals surface area contributed by atoms with Crippen molar-refractivity contribution < 1.29 is 15.4 Å². The molecule has 0 aromatic heterocycles. The number of carbonyl (C=O) groups is 2. The highest BCUT2D eigenvalue weighted by Gasteiger charge is 2.44. The second-order valence-corrected chi connectivity index (χ2v) is 10.9. The van der Waals surface area contributed by atoms with Gasteiger partial charge in [0, 0.05) is 31.4 Å². The predicted octanol–water partition coefficient (Wildman–Crippen LogP) is 7.13. The highest BCUT2D eigenvalue weighted by atomic mass is 19.1. The van der Waals surface area contributed by atoms with Gasteiger partial charge in [0.1, 0.15) is 5.82 Å². The van der Waals surface area contributed by atoms with E-state index in [0.29, 0.717) is 28.7 Å². The number of nitrogens with zero attached hydrogens (tertiary/aromatic N) is 2. The minimum Gasteiger partial charge on any atom is -0.378 e. The van der Waals surface area contributed by atoms with Gasteiger partial charge in [-0.1, -0.05) is 48.9 Å². The van der Waals surface area contributed by atoms with E-state index in [1.807, 2.05) is 43.3 Å². The summed E-state index contributed by atoms with van der Waals surface area (Å²) in [4.78, 5) is 29.0. The Morgan fingerprint density at radius 2 is 1.63 bits per heavy atom. The summed E-state index contributed by atoms with van der Waals surface area (Å²) in [6.07, 6.45) is 7.02. The molecule has 2 aliphatic rings. The summed E-state index contributed by atoms with van der Waals surface area (Å²) >= 11 is 0. The number of carbonyl (C=O) groups excluding carboxylic acids is 2. The molecule has 1 amide bonds. The van der Waals surface area contributed by atoms with Crippen molar-refractivity contribution in [2.45, 2.75) is 39.1 Å². The van der Waals surface area contributed by atoms with Gasteiger partial charge >= 0.3 is 0 Å². The number of ketones is 1. The fourth-order valence-electron chi connectivity index (χ4n) is 5.90. The third kappa shape index (κ3) is 5.72. The van der Waals surface area contributed by atoms with Gasteiger partial charge in [-0.25, -0.2) is 4.39 Å². The van der Waals surface area contributed by atoms with Gasteiger partial charge in [-0.05, 0) is 96.7 Å². The van der Waals surface area contributed by atoms with Crippen molar-refractivity contribution in [1.29, 1.82) is 0 Å². The molecule has 4 nitrogen and oxygen atoms in total. The van der Waals surface area contributed by atoms with Gasteiger partial charge in [-0.15, -0.1) is 0 Å². The second-order valence-electron chi connectivity index (χ2n) is 10.9. The molecule has 5 rings (SSSR count). The van der Waals surface area contributed by atoms with E-state index >= 15 is 0 Å². The molecule has 2 fully saturated rings. The van der Waals surface area contributed by atoms with Crippen molar-refractivity contribution >= 4 is 29.1 Å². The first-order valence-electron chi connectivity index (χ1n) is 13.9. The van der Waals surface area contributed by atoms with Crippen LogP contribution in [0, 0.1) is 23.6 Å². The molecule has 3 aromatic rings. The topological polar surface area (TPSA) is 40.6 Å². The van der Waals surface area contributed by atoms with Gasteiger partial charge in [-0.2, -0.15) is 0 Å². The number of benzene rings is 3. The second kappa shape index (κ2) is 10.9. The van der Waals surface area contributed by atoms with Crippen molar-refractivity contribution in [2.24, 2.45) is 17.8 Å². The molecule has 0 saturated heterocycles. The number of hydrogen-bond acceptors (Lipinski definition) is 3. The first-order valence-corrected chi connectivity index (χ1v) is 13.3. The molecule has 0 spiro atoms. The van der Waals surface area contributed by atoms with Gasteiger partial charge in [0.2, 0.25) is 5.91 Å². The zero-order valence-electron chi connectivity index (χ0n) is 23.2. The van der Waals surface area contributed by atoms with Crippen LogP contribution in [0.4, 0.5) is 15.8 Å². The third-order valence-corrected chi connectivity index (χ3v) is 7.89. The summed E-state index contributed by atoms with van der Waals surface area (Å²) in [5.74, 6) is -0.0241. The Hall–Kier alpha value is -3.73. The number of halogens is 1. The van der Waals surface area contributed by atoms with Crippen LogP contribution in [-0.2, 0) is 16.1 Å². The SMILES string of the molecule is [2H][C@@H](c1ccc(-c2ccc(N(C)C)cc2)cc1)N(C(=O)[C@H]1C[C@H]2CC[C@@H]1C2)c1cc(F)cc(/C=C/C(C)=O)c1. The van der Waals surface area contributed by atoms with Crippen molar-refractivity contribution in [3.8, 4) is 11.1 Å². The molecule has 0 aliphatic heterocycles. The van der Waals surface area contributed by atoms with Crippen molar-refractivity contribution in [2.75, 3.05) is 23.9 Å². The molecule has 0 heterocycles. The van der Waals surface area contributed by atoms with E-state index in [1.165, 1.54) is 30.0 Å². The highest BCUT2D eigenvalue weighted by Crippen LogP contribution is 2.49. The molecule has 5 heteroatoms. The normalized spacial score (nSPS) is 21.4. The van der Waals surface area contributed by atoms with E-state index in [-0.39, 0.29) is 17.6 Å². The fraction of sp³-hybridized carbons (Fsp3) is 0.333. The molecule has 2 aliphatic carbocycles. The Balaban J connectivity index is 1.48. The van der Waals surface area contributed by atoms with E-state index < -0.39 is 12.3 Å². The molecule has 38 heavy (non-hydrogen) atoms. The highest BCUT2D eigenvalue weighted by molar-refractivity contribution is 5.96. The summed E-state index contributed by atoms with van der Waals surface area (Å²) in [5, 5.41) is 0. The number of fused-ring (bicyclic) bond motifs is 2. The maximum Gasteiger partial charge on any atom is 0.230 e. The molecule has 4 atom stereocenters. The van der Waals surface area contributed by atoms with E-state index in [1.54, 1.807) is 12.1 Å². The van der Waals surface area contributed by atoms with Crippen LogP contribution >= 0.6 is 0 Å². The van der Waals surface area contributed by atoms with Crippen LogP contribution < -0.4 is 9.80 Å². The lowest BCUT2D eigenvalue weighted by Crippen LogP contribution is -2.38. The van der Waals surface area contributed by atoms with E-state index in [4.69, 9.17) is 0 Å². The first kappa shape index (κ1) is 24.6. The summed E-state index contributed by atoms with van der Waals surface area (Å²) in [5.41, 5.74) is 4.68. The minimum atomic E-state index is -1.03. The Morgan fingerprint density at radius 1 is 0.947 bits per heavy atom. The molecule has 0 radical (unpaired) electrons. The molecular formula is C33H35FN2O2. The summed E-state index contributed by atoms with van der Waals surface area (Å²) < 4.78 is 24.0. The number of allylic oxidation sites excluding steroid dienone is 1. The molecule has 0 unspecified atom stereocenters. The number of amides is 1. The van der Waals surface area contributed by atoms with Crippen LogP contribution in [0.3, 0.4) is 0 Å². The number of hydrogen-bond donors (Lipinski definition) is 0. The summed E-state index contributed by atoms with van der Waals surface area (Å²) in [6.45, 7) is 0.398. The summed E-state index contributed by atoms with van der Waals surface area (Å²) in [7, 11) is 4.01. The molecule has 196 valence electrons. The standard InChI is InChI=1S/C33H35FN2O2/c1-22(37)4-5-25-17-29(34)20-31(18-25)36(33(38)32-19-24-8-11-28(32)16-24)21-23-6-9-26(10-7-23)27-12-14-30(15-13-27)35(2)3/h4-7,9-10,12-15,17-18,20,24,28,32H,8,11,16,19,21H2,1-3H3/b5-4+/t24-,28+,32-/m0/s1/i21D/t21-,24-,28+,32-. The Morgan fingerprint density at radius 3 is 2.21 bits per heavy atom. The number of anilines is 2. The Bertz CT molecular complexity index is 1380. The zero-order valence-corrected chi connectivity index (χ0v) is 22.2. The van der Waals surface area contributed by atoms with Crippen molar-refractivity contribution in [3.05, 3.63) is 89.8 Å². The molecule has 3 aromatic carbocycles. The largest absolute Gasteiger partial charge is 0.378 e. The van der Waals surface area contributed by atoms with Crippen LogP contribution in [0.25, 0.3) is 17.2 Å². The van der Waals surface area contributed by atoms with Gasteiger partial charge in [0.25, 0.3) is 0 Å². The lowest BCUT2D eigenvalue weighted by molar-refractivity contribution is -0.124. The molecule has 0 N–H and O–H groups in total. The van der Waals surface area contributed by atoms with Crippen LogP contribution in [0.1, 0.15) is 45.1 Å². The Labute approximate surface area is 226 Å². The minimum absolute atomic E-state index is 0.113. The predicted molar refractivity (Wildman–Crippen MR) is 152 cm³/mol. The first-order chi connectivity index (χ1) is 18.7. The maximum atomic E-state index is 14.8. The van der Waals surface area contributed by atoms with Gasteiger partial charge < -0.3 is 9.80 Å². The average molecular weight is 512 g/mol. The quantitative estimate of drug-likeness (QED) is 0.302. The van der Waals surface area contributed by atoms with Crippen LogP contribution in [0.15, 0.2) is 72.8 Å². The monoisotopic (exact) mass is 511 g/mol. The van der Waals surface area contributed by atoms with Gasteiger partial charge in [-0.3, -0.25) is 9.59 Å². The van der Waals surface area contributed by atoms with E-state index in [9.17, 15) is 15.4 Å². The van der Waals surface area contributed by atoms with Crippen LogP contribution in [0.5, 0.6) is 0 Å². The number of rotatable bonds is 8. The average Bonchev–Trinajstić information content (AvgIpc) is 3.56. The fourth-order valence-corrected chi connectivity index (χ4v) is 5.90. The lowest BCUT2D eigenvalue weighted by Gasteiger charge is -2.30. The van der Waals surface area contributed by atoms with Gasteiger partial charge in [0.15, 0.2) is 5.78 Å². The Kier molecular flexibility index (Phi) is 7.08. The van der Waals surface area contributed by atoms with E-state index in [2.05, 4.69) is 24.3 Å². The van der Waals surface area contributed by atoms with Crippen LogP contribution in [0.2, 0.25) is 0 Å². The summed E-state index contributed by atoms with van der Waals surface area (Å²) in [6, 6.07) is 20.3. The van der Waals surface area contributed by atoms with E-state index in [0.717, 1.165) is 42.5 Å². The molecular weight excluding hydrogens is 475 g/mol. The maximum absolute atomic E-state index is 14.8. The zero-order chi connectivity index (χ0) is 27.7.